The summed E-state index contributed by atoms with van der Waals surface area (Å²) in [4.78, 5) is 29.3. The molecule has 1 fully saturated rings. The zero-order chi connectivity index (χ0) is 19.0. The van der Waals surface area contributed by atoms with E-state index >= 15 is 0 Å². The van der Waals surface area contributed by atoms with E-state index in [4.69, 9.17) is 0 Å². The molecule has 2 aromatic heterocycles. The first-order valence-corrected chi connectivity index (χ1v) is 11.3. The molecule has 0 aromatic carbocycles. The molecule has 2 aliphatic rings. The van der Waals surface area contributed by atoms with E-state index in [0.717, 1.165) is 48.0 Å². The highest BCUT2D eigenvalue weighted by molar-refractivity contribution is 8.01. The van der Waals surface area contributed by atoms with Crippen molar-refractivity contribution in [3.63, 3.8) is 0 Å². The number of aryl methyl sites for hydroxylation is 3. The van der Waals surface area contributed by atoms with Crippen molar-refractivity contribution in [1.29, 1.82) is 0 Å². The number of nitrogens with one attached hydrogen (secondary N) is 1. The SMILES string of the molecule is Cc1csc(SC2CCC(NC(=O)C3CCc4nn(C)c(=O)n4C3)CC2)n1. The van der Waals surface area contributed by atoms with Gasteiger partial charge in [-0.3, -0.25) is 9.36 Å². The summed E-state index contributed by atoms with van der Waals surface area (Å²) in [5.41, 5.74) is 0.962. The molecule has 0 bridgehead atoms. The monoisotopic (exact) mass is 407 g/mol. The minimum absolute atomic E-state index is 0.0862. The van der Waals surface area contributed by atoms with Crippen LogP contribution < -0.4 is 11.0 Å². The lowest BCUT2D eigenvalue weighted by molar-refractivity contribution is -0.126. The largest absolute Gasteiger partial charge is 0.353 e. The summed E-state index contributed by atoms with van der Waals surface area (Å²) in [6.07, 6.45) is 5.68. The predicted molar refractivity (Wildman–Crippen MR) is 106 cm³/mol. The summed E-state index contributed by atoms with van der Waals surface area (Å²) in [5.74, 6) is 0.745. The molecule has 0 spiro atoms. The van der Waals surface area contributed by atoms with Crippen molar-refractivity contribution in [1.82, 2.24) is 24.6 Å². The molecule has 4 rings (SSSR count). The van der Waals surface area contributed by atoms with Crippen LogP contribution >= 0.6 is 23.1 Å². The molecule has 1 amide bonds. The summed E-state index contributed by atoms with van der Waals surface area (Å²) in [5, 5.41) is 10.2. The lowest BCUT2D eigenvalue weighted by Crippen LogP contribution is -2.44. The predicted octanol–water partition coefficient (Wildman–Crippen LogP) is 2.13. The van der Waals surface area contributed by atoms with E-state index < -0.39 is 0 Å². The number of thiazole rings is 1. The zero-order valence-electron chi connectivity index (χ0n) is 15.7. The number of hydrogen-bond acceptors (Lipinski definition) is 6. The average molecular weight is 408 g/mol. The van der Waals surface area contributed by atoms with E-state index in [1.807, 2.05) is 18.7 Å². The quantitative estimate of drug-likeness (QED) is 0.840. The van der Waals surface area contributed by atoms with Crippen LogP contribution in [-0.2, 0) is 24.8 Å². The minimum Gasteiger partial charge on any atom is -0.353 e. The smallest absolute Gasteiger partial charge is 0.345 e. The van der Waals surface area contributed by atoms with E-state index in [-0.39, 0.29) is 23.6 Å². The Morgan fingerprint density at radius 1 is 1.30 bits per heavy atom. The molecule has 1 saturated carbocycles. The second kappa shape index (κ2) is 7.79. The number of nitrogens with zero attached hydrogens (tertiary/aromatic N) is 4. The Balaban J connectivity index is 1.27. The molecular formula is C18H25N5O2S2. The fourth-order valence-electron chi connectivity index (χ4n) is 3.93. The van der Waals surface area contributed by atoms with Gasteiger partial charge in [0.2, 0.25) is 5.91 Å². The minimum atomic E-state index is -0.134. The van der Waals surface area contributed by atoms with Gasteiger partial charge < -0.3 is 5.32 Å². The van der Waals surface area contributed by atoms with Crippen LogP contribution in [0.1, 0.15) is 43.6 Å². The van der Waals surface area contributed by atoms with Gasteiger partial charge in [0.1, 0.15) is 10.2 Å². The number of thioether (sulfide) groups is 1. The Hall–Kier alpha value is -1.61. The highest BCUT2D eigenvalue weighted by atomic mass is 32.2. The third kappa shape index (κ3) is 4.13. The molecule has 9 heteroatoms. The number of carbonyl (C=O) groups is 1. The maximum Gasteiger partial charge on any atom is 0.345 e. The molecule has 0 saturated heterocycles. The molecule has 3 heterocycles. The average Bonchev–Trinajstić information content (AvgIpc) is 3.19. The Labute approximate surface area is 166 Å². The molecule has 1 N–H and O–H groups in total. The highest BCUT2D eigenvalue weighted by Gasteiger charge is 2.30. The van der Waals surface area contributed by atoms with E-state index in [2.05, 4.69) is 20.8 Å². The van der Waals surface area contributed by atoms with Gasteiger partial charge in [-0.25, -0.2) is 14.5 Å². The van der Waals surface area contributed by atoms with Crippen LogP contribution in [-0.4, -0.2) is 36.5 Å². The first kappa shape index (κ1) is 18.7. The molecule has 1 aliphatic heterocycles. The Bertz CT molecular complexity index is 879. The van der Waals surface area contributed by atoms with Crippen LogP contribution in [0, 0.1) is 12.8 Å². The van der Waals surface area contributed by atoms with Crippen LogP contribution in [0.3, 0.4) is 0 Å². The maximum atomic E-state index is 12.7. The lowest BCUT2D eigenvalue weighted by atomic mass is 9.93. The van der Waals surface area contributed by atoms with Crippen molar-refractivity contribution in [3.05, 3.63) is 27.4 Å². The van der Waals surface area contributed by atoms with Gasteiger partial charge in [-0.05, 0) is 39.0 Å². The van der Waals surface area contributed by atoms with Crippen molar-refractivity contribution in [2.24, 2.45) is 13.0 Å². The molecule has 1 unspecified atom stereocenters. The van der Waals surface area contributed by atoms with Gasteiger partial charge >= 0.3 is 5.69 Å². The number of amides is 1. The summed E-state index contributed by atoms with van der Waals surface area (Å²) < 4.78 is 4.16. The highest BCUT2D eigenvalue weighted by Crippen LogP contribution is 2.35. The standard InChI is InChI=1S/C18H25N5O2S2/c1-11-10-26-17(19-11)27-14-6-4-13(5-7-14)20-16(24)12-3-8-15-21-22(2)18(25)23(15)9-12/h10,12-14H,3-9H2,1-2H3,(H,20,24). The second-order valence-corrected chi connectivity index (χ2v) is 9.93. The van der Waals surface area contributed by atoms with E-state index in [1.54, 1.807) is 23.0 Å². The molecule has 146 valence electrons. The third-order valence-electron chi connectivity index (χ3n) is 5.46. The second-order valence-electron chi connectivity index (χ2n) is 7.52. The van der Waals surface area contributed by atoms with Gasteiger partial charge in [-0.2, -0.15) is 5.10 Å². The van der Waals surface area contributed by atoms with Crippen LogP contribution in [0.25, 0.3) is 0 Å². The number of rotatable bonds is 4. The molecule has 2 aromatic rings. The van der Waals surface area contributed by atoms with Crippen molar-refractivity contribution >= 4 is 29.0 Å². The fourth-order valence-corrected chi connectivity index (χ4v) is 6.21. The summed E-state index contributed by atoms with van der Waals surface area (Å²) in [6, 6.07) is 0.249. The summed E-state index contributed by atoms with van der Waals surface area (Å²) in [7, 11) is 1.66. The molecule has 7 nitrogen and oxygen atoms in total. The first-order valence-electron chi connectivity index (χ1n) is 9.51. The van der Waals surface area contributed by atoms with Crippen molar-refractivity contribution in [2.75, 3.05) is 0 Å². The van der Waals surface area contributed by atoms with Crippen LogP contribution in [0.2, 0.25) is 0 Å². The number of aromatic nitrogens is 4. The molecular weight excluding hydrogens is 382 g/mol. The zero-order valence-corrected chi connectivity index (χ0v) is 17.3. The van der Waals surface area contributed by atoms with E-state index in [0.29, 0.717) is 18.2 Å². The van der Waals surface area contributed by atoms with Gasteiger partial charge in [0.15, 0.2) is 0 Å². The van der Waals surface area contributed by atoms with E-state index in [1.165, 1.54) is 4.68 Å². The normalized spacial score (nSPS) is 25.2. The topological polar surface area (TPSA) is 81.8 Å². The van der Waals surface area contributed by atoms with Crippen molar-refractivity contribution in [2.45, 2.75) is 67.6 Å². The Morgan fingerprint density at radius 2 is 2.07 bits per heavy atom. The van der Waals surface area contributed by atoms with Crippen molar-refractivity contribution in [3.8, 4) is 0 Å². The van der Waals surface area contributed by atoms with Gasteiger partial charge in [-0.1, -0.05) is 11.8 Å². The van der Waals surface area contributed by atoms with Crippen LogP contribution in [0.5, 0.6) is 0 Å². The Kier molecular flexibility index (Phi) is 5.41. The summed E-state index contributed by atoms with van der Waals surface area (Å²) in [6.45, 7) is 2.48. The van der Waals surface area contributed by atoms with Gasteiger partial charge in [-0.15, -0.1) is 11.3 Å². The molecule has 0 radical (unpaired) electrons. The summed E-state index contributed by atoms with van der Waals surface area (Å²) >= 11 is 3.60. The van der Waals surface area contributed by atoms with E-state index in [9.17, 15) is 9.59 Å². The number of fused-ring (bicyclic) bond motifs is 1. The molecule has 1 aliphatic carbocycles. The van der Waals surface area contributed by atoms with Crippen molar-refractivity contribution < 1.29 is 4.79 Å². The van der Waals surface area contributed by atoms with Crippen LogP contribution in [0.4, 0.5) is 0 Å². The third-order valence-corrected chi connectivity index (χ3v) is 7.89. The van der Waals surface area contributed by atoms with Gasteiger partial charge in [0, 0.05) is 42.4 Å². The van der Waals surface area contributed by atoms with Gasteiger partial charge in [0.25, 0.3) is 0 Å². The fraction of sp³-hybridized carbons (Fsp3) is 0.667. The molecule has 27 heavy (non-hydrogen) atoms. The Morgan fingerprint density at radius 3 is 2.78 bits per heavy atom. The maximum absolute atomic E-state index is 12.7. The van der Waals surface area contributed by atoms with Crippen LogP contribution in [0.15, 0.2) is 14.5 Å². The number of hydrogen-bond donors (Lipinski definition) is 1. The number of carbonyl (C=O) groups excluding carboxylic acids is 1. The molecule has 1 atom stereocenters. The van der Waals surface area contributed by atoms with Gasteiger partial charge in [0.05, 0.1) is 5.92 Å². The first-order chi connectivity index (χ1) is 13.0. The lowest BCUT2D eigenvalue weighted by Gasteiger charge is -2.30.